The van der Waals surface area contributed by atoms with Crippen molar-refractivity contribution >= 4 is 26.9 Å². The lowest BCUT2D eigenvalue weighted by Gasteiger charge is -1.95. The number of hydrogen-bond acceptors (Lipinski definition) is 2. The van der Waals surface area contributed by atoms with Gasteiger partial charge >= 0.3 is 5.88 Å². The summed E-state index contributed by atoms with van der Waals surface area (Å²) in [6, 6.07) is 9.92. The molecule has 0 saturated carbocycles. The molecule has 3 heteroatoms. The monoisotopic (exact) mass is 216 g/mol. The lowest BCUT2D eigenvalue weighted by molar-refractivity contribution is -0.524. The normalized spacial score (nSPS) is 11.3. The van der Waals surface area contributed by atoms with Crippen LogP contribution in [-0.2, 0) is 0 Å². The van der Waals surface area contributed by atoms with Gasteiger partial charge in [0.25, 0.3) is 4.83 Å². The van der Waals surface area contributed by atoms with Crippen molar-refractivity contribution in [3.63, 3.8) is 0 Å². The van der Waals surface area contributed by atoms with Crippen molar-refractivity contribution in [3.05, 3.63) is 41.4 Å². The fourth-order valence-electron chi connectivity index (χ4n) is 1.90. The SMILES string of the molecule is Cc1csc2c3ccccc3cc(O)[n+]12. The fraction of sp³-hybridized carbons (Fsp3) is 0.0833. The number of thiazole rings is 1. The van der Waals surface area contributed by atoms with Crippen LogP contribution in [0.4, 0.5) is 0 Å². The Kier molecular flexibility index (Phi) is 1.70. The van der Waals surface area contributed by atoms with Crippen molar-refractivity contribution < 1.29 is 9.51 Å². The van der Waals surface area contributed by atoms with Gasteiger partial charge in [0.2, 0.25) is 0 Å². The topological polar surface area (TPSA) is 24.3 Å². The van der Waals surface area contributed by atoms with Crippen LogP contribution in [-0.4, -0.2) is 5.11 Å². The van der Waals surface area contributed by atoms with Gasteiger partial charge in [0, 0.05) is 6.92 Å². The van der Waals surface area contributed by atoms with E-state index >= 15 is 0 Å². The van der Waals surface area contributed by atoms with Crippen LogP contribution in [0.3, 0.4) is 0 Å². The number of nitrogens with zero attached hydrogens (tertiary/aromatic N) is 1. The van der Waals surface area contributed by atoms with Gasteiger partial charge in [-0.05, 0) is 11.5 Å². The van der Waals surface area contributed by atoms with E-state index in [1.165, 1.54) is 5.39 Å². The minimum atomic E-state index is 0.308. The maximum absolute atomic E-state index is 9.91. The number of rotatable bonds is 0. The number of pyridine rings is 1. The van der Waals surface area contributed by atoms with Gasteiger partial charge in [-0.3, -0.25) is 0 Å². The summed E-state index contributed by atoms with van der Waals surface area (Å²) >= 11 is 1.66. The molecule has 0 spiro atoms. The molecule has 3 rings (SSSR count). The van der Waals surface area contributed by atoms with Crippen LogP contribution in [0.5, 0.6) is 5.88 Å². The molecule has 1 aromatic carbocycles. The van der Waals surface area contributed by atoms with Gasteiger partial charge < -0.3 is 5.11 Å². The number of aromatic hydroxyl groups is 1. The minimum Gasteiger partial charge on any atom is -0.459 e. The van der Waals surface area contributed by atoms with E-state index in [9.17, 15) is 5.11 Å². The zero-order chi connectivity index (χ0) is 10.4. The highest BCUT2D eigenvalue weighted by atomic mass is 32.1. The number of hydrogen-bond donors (Lipinski definition) is 1. The highest BCUT2D eigenvalue weighted by Crippen LogP contribution is 2.24. The number of fused-ring (bicyclic) bond motifs is 3. The first-order valence-corrected chi connectivity index (χ1v) is 5.66. The molecule has 0 saturated heterocycles. The van der Waals surface area contributed by atoms with Crippen LogP contribution < -0.4 is 4.40 Å². The highest BCUT2D eigenvalue weighted by molar-refractivity contribution is 7.16. The molecule has 74 valence electrons. The molecule has 15 heavy (non-hydrogen) atoms. The van der Waals surface area contributed by atoms with E-state index in [1.807, 2.05) is 35.6 Å². The largest absolute Gasteiger partial charge is 0.459 e. The highest BCUT2D eigenvalue weighted by Gasteiger charge is 2.18. The van der Waals surface area contributed by atoms with Crippen molar-refractivity contribution in [2.75, 3.05) is 0 Å². The average Bonchev–Trinajstić information content (AvgIpc) is 2.62. The van der Waals surface area contributed by atoms with E-state index in [2.05, 4.69) is 11.4 Å². The van der Waals surface area contributed by atoms with E-state index in [1.54, 1.807) is 11.3 Å². The van der Waals surface area contributed by atoms with Crippen LogP contribution in [0.2, 0.25) is 0 Å². The lowest BCUT2D eigenvalue weighted by Crippen LogP contribution is -2.22. The second-order valence-corrected chi connectivity index (χ2v) is 4.47. The smallest absolute Gasteiger partial charge is 0.372 e. The van der Waals surface area contributed by atoms with E-state index in [0.29, 0.717) is 5.88 Å². The standard InChI is InChI=1S/C12H9NOS/c1-8-7-15-12-10-5-3-2-4-9(10)6-11(14)13(8)12/h2-7H,1H3/p+1. The van der Waals surface area contributed by atoms with E-state index in [4.69, 9.17) is 0 Å². The average molecular weight is 216 g/mol. The molecule has 0 aliphatic rings. The molecule has 2 aromatic heterocycles. The van der Waals surface area contributed by atoms with Gasteiger partial charge in [-0.25, -0.2) is 0 Å². The van der Waals surface area contributed by atoms with Crippen LogP contribution in [0.1, 0.15) is 5.69 Å². The Morgan fingerprint density at radius 3 is 2.93 bits per heavy atom. The molecule has 2 nitrogen and oxygen atoms in total. The van der Waals surface area contributed by atoms with Crippen LogP contribution in [0.25, 0.3) is 15.6 Å². The molecule has 0 fully saturated rings. The van der Waals surface area contributed by atoms with Crippen molar-refractivity contribution in [3.8, 4) is 5.88 Å². The number of benzene rings is 1. The zero-order valence-corrected chi connectivity index (χ0v) is 9.08. The summed E-state index contributed by atoms with van der Waals surface area (Å²) in [5.41, 5.74) is 1.07. The zero-order valence-electron chi connectivity index (χ0n) is 8.27. The minimum absolute atomic E-state index is 0.308. The van der Waals surface area contributed by atoms with Crippen molar-refractivity contribution in [2.24, 2.45) is 0 Å². The Bertz CT molecular complexity index is 657. The number of aryl methyl sites for hydroxylation is 1. The van der Waals surface area contributed by atoms with Gasteiger partial charge in [0.1, 0.15) is 0 Å². The van der Waals surface area contributed by atoms with Gasteiger partial charge in [-0.1, -0.05) is 29.5 Å². The predicted molar refractivity (Wildman–Crippen MR) is 61.4 cm³/mol. The molecule has 0 radical (unpaired) electrons. The number of aromatic nitrogens is 1. The van der Waals surface area contributed by atoms with E-state index in [-0.39, 0.29) is 0 Å². The summed E-state index contributed by atoms with van der Waals surface area (Å²) in [6.45, 7) is 2.00. The molecule has 0 bridgehead atoms. The molecule has 0 amide bonds. The first-order valence-electron chi connectivity index (χ1n) is 4.78. The molecular weight excluding hydrogens is 206 g/mol. The Hall–Kier alpha value is -1.61. The first-order chi connectivity index (χ1) is 7.27. The van der Waals surface area contributed by atoms with Gasteiger partial charge in [-0.2, -0.15) is 0 Å². The van der Waals surface area contributed by atoms with Gasteiger partial charge in [0.15, 0.2) is 5.69 Å². The van der Waals surface area contributed by atoms with E-state index < -0.39 is 0 Å². The molecule has 3 aromatic rings. The van der Waals surface area contributed by atoms with E-state index in [0.717, 1.165) is 15.9 Å². The third kappa shape index (κ3) is 1.13. The second-order valence-electron chi connectivity index (χ2n) is 3.61. The molecule has 1 N–H and O–H groups in total. The Morgan fingerprint density at radius 1 is 1.27 bits per heavy atom. The second kappa shape index (κ2) is 2.94. The van der Waals surface area contributed by atoms with Crippen molar-refractivity contribution in [1.82, 2.24) is 0 Å². The fourth-order valence-corrected chi connectivity index (χ4v) is 2.94. The summed E-state index contributed by atoms with van der Waals surface area (Å²) < 4.78 is 1.88. The lowest BCUT2D eigenvalue weighted by atomic mass is 10.2. The molecular formula is C12H10NOS+. The first kappa shape index (κ1) is 8.68. The summed E-state index contributed by atoms with van der Waals surface area (Å²) in [5, 5.41) is 14.2. The van der Waals surface area contributed by atoms with Crippen LogP contribution >= 0.6 is 11.3 Å². The van der Waals surface area contributed by atoms with Crippen molar-refractivity contribution in [1.29, 1.82) is 0 Å². The molecule has 0 aliphatic carbocycles. The summed E-state index contributed by atoms with van der Waals surface area (Å²) in [7, 11) is 0. The maximum Gasteiger partial charge on any atom is 0.372 e. The summed E-state index contributed by atoms with van der Waals surface area (Å²) in [6.07, 6.45) is 0. The summed E-state index contributed by atoms with van der Waals surface area (Å²) in [5.74, 6) is 0.308. The third-order valence-corrected chi connectivity index (χ3v) is 3.69. The van der Waals surface area contributed by atoms with Crippen LogP contribution in [0, 0.1) is 6.92 Å². The van der Waals surface area contributed by atoms with Gasteiger partial charge in [-0.15, -0.1) is 4.40 Å². The van der Waals surface area contributed by atoms with Gasteiger partial charge in [0.05, 0.1) is 16.8 Å². The molecule has 0 unspecified atom stereocenters. The maximum atomic E-state index is 9.91. The summed E-state index contributed by atoms with van der Waals surface area (Å²) in [4.78, 5) is 1.10. The van der Waals surface area contributed by atoms with Crippen LogP contribution in [0.15, 0.2) is 35.7 Å². The molecule has 0 atom stereocenters. The molecule has 2 heterocycles. The third-order valence-electron chi connectivity index (χ3n) is 2.60. The molecule has 0 aliphatic heterocycles. The Labute approximate surface area is 91.0 Å². The Balaban J connectivity index is 2.65. The Morgan fingerprint density at radius 2 is 2.07 bits per heavy atom. The van der Waals surface area contributed by atoms with Crippen molar-refractivity contribution in [2.45, 2.75) is 6.92 Å². The predicted octanol–water partition coefficient (Wildman–Crippen LogP) is 2.65. The quantitative estimate of drug-likeness (QED) is 0.574.